The van der Waals surface area contributed by atoms with Crippen LogP contribution in [0.4, 0.5) is 9.59 Å². The highest BCUT2D eigenvalue weighted by molar-refractivity contribution is 5.73. The first kappa shape index (κ1) is 27.9. The molecule has 0 bridgehead atoms. The Morgan fingerprint density at radius 3 is 2.14 bits per heavy atom. The minimum Gasteiger partial charge on any atom is -0.445 e. The third-order valence-electron chi connectivity index (χ3n) is 5.54. The molecule has 1 aromatic rings. The van der Waals surface area contributed by atoms with Crippen LogP contribution in [0.5, 0.6) is 0 Å². The van der Waals surface area contributed by atoms with Crippen LogP contribution in [0.3, 0.4) is 0 Å². The first-order valence-corrected chi connectivity index (χ1v) is 12.0. The van der Waals surface area contributed by atoms with Crippen molar-refractivity contribution in [3.8, 4) is 0 Å². The van der Waals surface area contributed by atoms with E-state index in [9.17, 15) is 19.2 Å². The van der Waals surface area contributed by atoms with Crippen LogP contribution in [0.2, 0.25) is 0 Å². The van der Waals surface area contributed by atoms with Crippen molar-refractivity contribution >= 4 is 24.5 Å². The topological polar surface area (TPSA) is 108 Å². The Bertz CT molecular complexity index is 834. The molecule has 0 saturated carbocycles. The van der Waals surface area contributed by atoms with Crippen molar-refractivity contribution < 1.29 is 28.7 Å². The number of benzene rings is 1. The fourth-order valence-electron chi connectivity index (χ4n) is 3.69. The number of hydrogen-bond donors (Lipinski definition) is 1. The number of nitrogens with one attached hydrogen (secondary N) is 1. The summed E-state index contributed by atoms with van der Waals surface area (Å²) in [6.07, 6.45) is 2.22. The summed E-state index contributed by atoms with van der Waals surface area (Å²) in [5, 5.41) is 2.71. The SMILES string of the molecule is CC(=O)NCC1CCCN1C=O.CC(C)(C)OC(=O)N1CCN(C(=O)OCc2ccccc2)CC1. The Kier molecular flexibility index (Phi) is 10.8. The number of ether oxygens (including phenoxy) is 2. The van der Waals surface area contributed by atoms with E-state index in [1.807, 2.05) is 51.1 Å². The van der Waals surface area contributed by atoms with Crippen molar-refractivity contribution in [2.75, 3.05) is 39.3 Å². The molecule has 1 unspecified atom stereocenters. The molecule has 2 saturated heterocycles. The highest BCUT2D eigenvalue weighted by Crippen LogP contribution is 2.14. The Labute approximate surface area is 207 Å². The Balaban J connectivity index is 0.000000303. The minimum atomic E-state index is -0.511. The molecule has 35 heavy (non-hydrogen) atoms. The molecule has 4 amide bonds. The molecular weight excluding hydrogens is 452 g/mol. The maximum atomic E-state index is 12.0. The fourth-order valence-corrected chi connectivity index (χ4v) is 3.69. The first-order chi connectivity index (χ1) is 16.6. The molecule has 1 atom stereocenters. The molecule has 0 spiro atoms. The lowest BCUT2D eigenvalue weighted by molar-refractivity contribution is -0.121. The highest BCUT2D eigenvalue weighted by atomic mass is 16.6. The number of amides is 4. The van der Waals surface area contributed by atoms with Crippen LogP contribution in [-0.2, 0) is 25.7 Å². The normalized spacial score (nSPS) is 17.7. The molecule has 2 aliphatic rings. The van der Waals surface area contributed by atoms with Crippen LogP contribution in [0.15, 0.2) is 30.3 Å². The van der Waals surface area contributed by atoms with Gasteiger partial charge in [-0.25, -0.2) is 9.59 Å². The van der Waals surface area contributed by atoms with Gasteiger partial charge in [-0.1, -0.05) is 30.3 Å². The number of likely N-dealkylation sites (tertiary alicyclic amines) is 1. The van der Waals surface area contributed by atoms with Gasteiger partial charge < -0.3 is 29.5 Å². The summed E-state index contributed by atoms with van der Waals surface area (Å²) in [6.45, 7) is 10.5. The van der Waals surface area contributed by atoms with E-state index >= 15 is 0 Å². The number of rotatable bonds is 5. The van der Waals surface area contributed by atoms with Crippen LogP contribution in [0, 0.1) is 0 Å². The predicted octanol–water partition coefficient (Wildman–Crippen LogP) is 2.62. The third-order valence-corrected chi connectivity index (χ3v) is 5.54. The number of carbonyl (C=O) groups is 4. The van der Waals surface area contributed by atoms with Crippen LogP contribution in [0.25, 0.3) is 0 Å². The van der Waals surface area contributed by atoms with E-state index < -0.39 is 5.60 Å². The number of hydrogen-bond acceptors (Lipinski definition) is 6. The van der Waals surface area contributed by atoms with Crippen LogP contribution in [0.1, 0.15) is 46.1 Å². The van der Waals surface area contributed by atoms with Gasteiger partial charge in [0.1, 0.15) is 12.2 Å². The van der Waals surface area contributed by atoms with Crippen LogP contribution in [-0.4, -0.2) is 90.1 Å². The molecule has 0 radical (unpaired) electrons. The van der Waals surface area contributed by atoms with Gasteiger partial charge in [-0.3, -0.25) is 9.59 Å². The van der Waals surface area contributed by atoms with Crippen molar-refractivity contribution in [2.45, 2.75) is 58.8 Å². The lowest BCUT2D eigenvalue weighted by atomic mass is 10.2. The lowest BCUT2D eigenvalue weighted by Crippen LogP contribution is -2.51. The van der Waals surface area contributed by atoms with Gasteiger partial charge in [0.25, 0.3) is 0 Å². The second kappa shape index (κ2) is 13.6. The summed E-state index contributed by atoms with van der Waals surface area (Å²) < 4.78 is 10.6. The fraction of sp³-hybridized carbons (Fsp3) is 0.600. The second-order valence-corrected chi connectivity index (χ2v) is 9.57. The molecule has 0 aliphatic carbocycles. The molecule has 0 aromatic heterocycles. The van der Waals surface area contributed by atoms with Gasteiger partial charge in [-0.15, -0.1) is 0 Å². The van der Waals surface area contributed by atoms with Crippen molar-refractivity contribution in [3.63, 3.8) is 0 Å². The van der Waals surface area contributed by atoms with Crippen molar-refractivity contribution in [3.05, 3.63) is 35.9 Å². The van der Waals surface area contributed by atoms with E-state index in [0.29, 0.717) is 32.7 Å². The Morgan fingerprint density at radius 1 is 1.00 bits per heavy atom. The van der Waals surface area contributed by atoms with Gasteiger partial charge in [-0.05, 0) is 39.2 Å². The molecular formula is C25H38N4O6. The molecule has 2 heterocycles. The van der Waals surface area contributed by atoms with E-state index in [0.717, 1.165) is 31.4 Å². The van der Waals surface area contributed by atoms with Gasteiger partial charge >= 0.3 is 12.2 Å². The van der Waals surface area contributed by atoms with Crippen molar-refractivity contribution in [1.29, 1.82) is 0 Å². The summed E-state index contributed by atoms with van der Waals surface area (Å²) in [5.41, 5.74) is 0.441. The molecule has 1 N–H and O–H groups in total. The zero-order valence-electron chi connectivity index (χ0n) is 21.2. The minimum absolute atomic E-state index is 0.0345. The van der Waals surface area contributed by atoms with Gasteiger partial charge in [0, 0.05) is 52.2 Å². The standard InChI is InChI=1S/C17H24N2O4.C8H14N2O2/c1-17(2,3)23-16(21)19-11-9-18(10-12-19)15(20)22-13-14-7-5-4-6-8-14;1-7(12)9-5-8-3-2-4-10(8)6-11/h4-8H,9-13H2,1-3H3;6,8H,2-5H2,1H3,(H,9,12). The maximum absolute atomic E-state index is 12.0. The molecule has 194 valence electrons. The Morgan fingerprint density at radius 2 is 1.60 bits per heavy atom. The van der Waals surface area contributed by atoms with Gasteiger partial charge in [0.05, 0.1) is 0 Å². The highest BCUT2D eigenvalue weighted by Gasteiger charge is 2.28. The molecule has 2 fully saturated rings. The molecule has 2 aliphatic heterocycles. The van der Waals surface area contributed by atoms with Crippen LogP contribution >= 0.6 is 0 Å². The summed E-state index contributed by atoms with van der Waals surface area (Å²) in [7, 11) is 0. The Hall–Kier alpha value is -3.30. The summed E-state index contributed by atoms with van der Waals surface area (Å²) in [4.78, 5) is 50.0. The van der Waals surface area contributed by atoms with E-state index in [1.54, 1.807) is 14.7 Å². The first-order valence-electron chi connectivity index (χ1n) is 12.0. The molecule has 10 heteroatoms. The summed E-state index contributed by atoms with van der Waals surface area (Å²) in [5.74, 6) is -0.0345. The summed E-state index contributed by atoms with van der Waals surface area (Å²) >= 11 is 0. The number of piperazine rings is 1. The average molecular weight is 491 g/mol. The van der Waals surface area contributed by atoms with Crippen molar-refractivity contribution in [2.24, 2.45) is 0 Å². The van der Waals surface area contributed by atoms with Crippen molar-refractivity contribution in [1.82, 2.24) is 20.0 Å². The molecule has 1 aromatic carbocycles. The maximum Gasteiger partial charge on any atom is 0.410 e. The zero-order valence-corrected chi connectivity index (χ0v) is 21.2. The average Bonchev–Trinajstić information content (AvgIpc) is 3.29. The summed E-state index contributed by atoms with van der Waals surface area (Å²) in [6, 6.07) is 9.76. The predicted molar refractivity (Wildman–Crippen MR) is 130 cm³/mol. The number of carbonyl (C=O) groups excluding carboxylic acids is 4. The molecule has 10 nitrogen and oxygen atoms in total. The lowest BCUT2D eigenvalue weighted by Gasteiger charge is -2.35. The van der Waals surface area contributed by atoms with Gasteiger partial charge in [0.2, 0.25) is 12.3 Å². The largest absolute Gasteiger partial charge is 0.445 e. The van der Waals surface area contributed by atoms with E-state index in [4.69, 9.17) is 9.47 Å². The quantitative estimate of drug-likeness (QED) is 0.636. The van der Waals surface area contributed by atoms with E-state index in [-0.39, 0.29) is 30.7 Å². The zero-order chi connectivity index (χ0) is 25.8. The number of nitrogens with zero attached hydrogens (tertiary/aromatic N) is 3. The van der Waals surface area contributed by atoms with E-state index in [1.165, 1.54) is 6.92 Å². The second-order valence-electron chi connectivity index (χ2n) is 9.57. The van der Waals surface area contributed by atoms with Crippen LogP contribution < -0.4 is 5.32 Å². The van der Waals surface area contributed by atoms with Gasteiger partial charge in [0.15, 0.2) is 0 Å². The monoisotopic (exact) mass is 490 g/mol. The third kappa shape index (κ3) is 10.2. The smallest absolute Gasteiger partial charge is 0.410 e. The van der Waals surface area contributed by atoms with E-state index in [2.05, 4.69) is 5.32 Å². The molecule has 3 rings (SSSR count). The van der Waals surface area contributed by atoms with Gasteiger partial charge in [-0.2, -0.15) is 0 Å².